The summed E-state index contributed by atoms with van der Waals surface area (Å²) in [7, 11) is 0. The molecule has 0 spiro atoms. The van der Waals surface area contributed by atoms with Gasteiger partial charge in [0.25, 0.3) is 5.91 Å². The standard InChI is InChI=1S/C25H19Cl2N3O3S/c1-15-4-8-18(9-5-15)30-24(32)22(11-16-6-7-17(26)12-21(16)27)34-25(30)20(13-28)23(31)29-14-19-3-2-10-33-19/h2-10,12,22H,11,14H2,1H3,(H,29,31)/b25-20+/t22-/m0/s1. The number of nitriles is 1. The highest BCUT2D eigenvalue weighted by Crippen LogP contribution is 2.42. The summed E-state index contributed by atoms with van der Waals surface area (Å²) >= 11 is 13.5. The summed E-state index contributed by atoms with van der Waals surface area (Å²) in [6.45, 7) is 2.06. The molecule has 4 rings (SSSR count). The first kappa shape index (κ1) is 24.0. The van der Waals surface area contributed by atoms with Crippen molar-refractivity contribution >= 4 is 52.5 Å². The predicted molar refractivity (Wildman–Crippen MR) is 133 cm³/mol. The average Bonchev–Trinajstić information content (AvgIpc) is 3.44. The predicted octanol–water partition coefficient (Wildman–Crippen LogP) is 5.64. The molecule has 0 radical (unpaired) electrons. The van der Waals surface area contributed by atoms with Gasteiger partial charge in [-0.1, -0.05) is 58.7 Å². The molecule has 0 unspecified atom stereocenters. The van der Waals surface area contributed by atoms with Crippen LogP contribution in [0.3, 0.4) is 0 Å². The van der Waals surface area contributed by atoms with Crippen LogP contribution in [0.25, 0.3) is 0 Å². The third-order valence-electron chi connectivity index (χ3n) is 5.22. The number of rotatable bonds is 6. The third kappa shape index (κ3) is 5.15. The molecule has 34 heavy (non-hydrogen) atoms. The number of furan rings is 1. The van der Waals surface area contributed by atoms with Crippen molar-refractivity contribution in [1.82, 2.24) is 5.32 Å². The van der Waals surface area contributed by atoms with Crippen molar-refractivity contribution in [1.29, 1.82) is 5.26 Å². The Hall–Kier alpha value is -3.18. The number of benzene rings is 2. The fraction of sp³-hybridized carbons (Fsp3) is 0.160. The van der Waals surface area contributed by atoms with Crippen molar-refractivity contribution in [3.63, 3.8) is 0 Å². The lowest BCUT2D eigenvalue weighted by Crippen LogP contribution is -2.32. The topological polar surface area (TPSA) is 86.3 Å². The first-order valence-electron chi connectivity index (χ1n) is 10.3. The van der Waals surface area contributed by atoms with E-state index in [0.29, 0.717) is 27.9 Å². The van der Waals surface area contributed by atoms with E-state index in [0.717, 1.165) is 11.1 Å². The maximum absolute atomic E-state index is 13.5. The van der Waals surface area contributed by atoms with Gasteiger partial charge >= 0.3 is 0 Å². The highest BCUT2D eigenvalue weighted by atomic mass is 35.5. The van der Waals surface area contributed by atoms with Crippen LogP contribution in [-0.2, 0) is 22.6 Å². The molecular formula is C25H19Cl2N3O3S. The monoisotopic (exact) mass is 511 g/mol. The number of nitrogens with zero attached hydrogens (tertiary/aromatic N) is 2. The largest absolute Gasteiger partial charge is 0.467 e. The Balaban J connectivity index is 1.69. The van der Waals surface area contributed by atoms with Gasteiger partial charge in [-0.05, 0) is 55.3 Å². The van der Waals surface area contributed by atoms with Gasteiger partial charge in [0.1, 0.15) is 22.4 Å². The number of carbonyl (C=O) groups excluding carboxylic acids is 2. The highest BCUT2D eigenvalue weighted by Gasteiger charge is 2.41. The Morgan fingerprint density at radius 1 is 1.21 bits per heavy atom. The SMILES string of the molecule is Cc1ccc(N2C(=O)[C@H](Cc3ccc(Cl)cc3Cl)S/C2=C(\C#N)C(=O)NCc2ccco2)cc1. The molecule has 1 atom stereocenters. The number of hydrogen-bond acceptors (Lipinski definition) is 5. The van der Waals surface area contributed by atoms with E-state index in [-0.39, 0.29) is 23.1 Å². The van der Waals surface area contributed by atoms with Crippen LogP contribution in [0.1, 0.15) is 16.9 Å². The Kier molecular flexibility index (Phi) is 7.32. The molecule has 6 nitrogen and oxygen atoms in total. The number of amides is 2. The minimum absolute atomic E-state index is 0.122. The van der Waals surface area contributed by atoms with Crippen LogP contribution in [-0.4, -0.2) is 17.1 Å². The summed E-state index contributed by atoms with van der Waals surface area (Å²) in [5.74, 6) is -0.269. The van der Waals surface area contributed by atoms with Crippen LogP contribution >= 0.6 is 35.0 Å². The van der Waals surface area contributed by atoms with Crippen molar-refractivity contribution in [3.8, 4) is 6.07 Å². The number of carbonyl (C=O) groups is 2. The van der Waals surface area contributed by atoms with E-state index in [1.807, 2.05) is 25.1 Å². The van der Waals surface area contributed by atoms with Gasteiger partial charge in [0.2, 0.25) is 5.91 Å². The van der Waals surface area contributed by atoms with Crippen molar-refractivity contribution in [3.05, 3.63) is 98.4 Å². The first-order chi connectivity index (χ1) is 16.4. The molecule has 1 fully saturated rings. The zero-order valence-electron chi connectivity index (χ0n) is 18.0. The summed E-state index contributed by atoms with van der Waals surface area (Å²) in [6.07, 6.45) is 1.82. The van der Waals surface area contributed by atoms with E-state index >= 15 is 0 Å². The fourth-order valence-corrected chi connectivity index (χ4v) is 5.25. The van der Waals surface area contributed by atoms with Crippen LogP contribution in [0.5, 0.6) is 0 Å². The second-order valence-corrected chi connectivity index (χ2v) is 9.64. The van der Waals surface area contributed by atoms with Gasteiger partial charge < -0.3 is 9.73 Å². The van der Waals surface area contributed by atoms with E-state index in [4.69, 9.17) is 27.6 Å². The van der Waals surface area contributed by atoms with E-state index in [9.17, 15) is 14.9 Å². The maximum Gasteiger partial charge on any atom is 0.265 e. The normalized spacial score (nSPS) is 16.9. The van der Waals surface area contributed by atoms with E-state index < -0.39 is 11.2 Å². The Morgan fingerprint density at radius 2 is 1.97 bits per heavy atom. The molecule has 3 aromatic rings. The van der Waals surface area contributed by atoms with Gasteiger partial charge in [0.05, 0.1) is 18.1 Å². The molecule has 2 heterocycles. The number of anilines is 1. The van der Waals surface area contributed by atoms with Gasteiger partial charge in [-0.2, -0.15) is 5.26 Å². The smallest absolute Gasteiger partial charge is 0.265 e. The molecule has 1 aliphatic rings. The summed E-state index contributed by atoms with van der Waals surface area (Å²) in [5, 5.41) is 13.2. The van der Waals surface area contributed by atoms with Gasteiger partial charge in [-0.3, -0.25) is 14.5 Å². The van der Waals surface area contributed by atoms with Gasteiger partial charge in [0, 0.05) is 15.7 Å². The Labute approximate surface area is 211 Å². The molecule has 1 aromatic heterocycles. The average molecular weight is 512 g/mol. The lowest BCUT2D eigenvalue weighted by Gasteiger charge is -2.19. The number of thioether (sulfide) groups is 1. The molecule has 2 aromatic carbocycles. The minimum Gasteiger partial charge on any atom is -0.467 e. The number of nitrogens with one attached hydrogen (secondary N) is 1. The summed E-state index contributed by atoms with van der Waals surface area (Å²) in [6, 6.07) is 17.9. The maximum atomic E-state index is 13.5. The highest BCUT2D eigenvalue weighted by molar-refractivity contribution is 8.05. The second kappa shape index (κ2) is 10.4. The lowest BCUT2D eigenvalue weighted by molar-refractivity contribution is -0.117. The van der Waals surface area contributed by atoms with Crippen LogP contribution in [0.4, 0.5) is 5.69 Å². The number of aryl methyl sites for hydroxylation is 1. The van der Waals surface area contributed by atoms with E-state index in [1.165, 1.54) is 22.9 Å². The van der Waals surface area contributed by atoms with Crippen LogP contribution < -0.4 is 10.2 Å². The molecule has 1 saturated heterocycles. The Bertz CT molecular complexity index is 1300. The summed E-state index contributed by atoms with van der Waals surface area (Å²) < 4.78 is 5.24. The van der Waals surface area contributed by atoms with Crippen LogP contribution in [0.15, 0.2) is 75.9 Å². The Morgan fingerprint density at radius 3 is 2.62 bits per heavy atom. The first-order valence-corrected chi connectivity index (χ1v) is 12.0. The molecule has 0 aliphatic carbocycles. The van der Waals surface area contributed by atoms with Crippen LogP contribution in [0, 0.1) is 18.3 Å². The molecule has 0 bridgehead atoms. The van der Waals surface area contributed by atoms with E-state index in [2.05, 4.69) is 5.32 Å². The molecule has 1 N–H and O–H groups in total. The quantitative estimate of drug-likeness (QED) is 0.342. The second-order valence-electron chi connectivity index (χ2n) is 7.61. The van der Waals surface area contributed by atoms with Crippen molar-refractivity contribution in [2.75, 3.05) is 4.90 Å². The molecular weight excluding hydrogens is 493 g/mol. The molecule has 9 heteroatoms. The van der Waals surface area contributed by atoms with Crippen molar-refractivity contribution in [2.45, 2.75) is 25.1 Å². The third-order valence-corrected chi connectivity index (χ3v) is 7.07. The minimum atomic E-state index is -0.587. The summed E-state index contributed by atoms with van der Waals surface area (Å²) in [5.41, 5.74) is 2.21. The lowest BCUT2D eigenvalue weighted by atomic mass is 10.1. The number of halogens is 2. The van der Waals surface area contributed by atoms with Gasteiger partial charge in [-0.15, -0.1) is 0 Å². The van der Waals surface area contributed by atoms with Crippen molar-refractivity contribution in [2.24, 2.45) is 0 Å². The van der Waals surface area contributed by atoms with E-state index in [1.54, 1.807) is 42.5 Å². The molecule has 2 amide bonds. The molecule has 1 aliphatic heterocycles. The summed E-state index contributed by atoms with van der Waals surface area (Å²) in [4.78, 5) is 27.9. The van der Waals surface area contributed by atoms with Crippen molar-refractivity contribution < 1.29 is 14.0 Å². The molecule has 0 saturated carbocycles. The van der Waals surface area contributed by atoms with Crippen LogP contribution in [0.2, 0.25) is 10.0 Å². The van der Waals surface area contributed by atoms with Gasteiger partial charge in [0.15, 0.2) is 0 Å². The van der Waals surface area contributed by atoms with Gasteiger partial charge in [-0.25, -0.2) is 0 Å². The molecule has 172 valence electrons. The zero-order chi connectivity index (χ0) is 24.2. The zero-order valence-corrected chi connectivity index (χ0v) is 20.4. The fourth-order valence-electron chi connectivity index (χ4n) is 3.47. The number of hydrogen-bond donors (Lipinski definition) is 1.